The van der Waals surface area contributed by atoms with Crippen molar-refractivity contribution in [2.45, 2.75) is 25.2 Å². The number of rotatable bonds is 8. The molecule has 0 aliphatic carbocycles. The smallest absolute Gasteiger partial charge is 0.240 e. The molecule has 0 saturated carbocycles. The second-order valence-corrected chi connectivity index (χ2v) is 8.57. The Morgan fingerprint density at radius 2 is 1.78 bits per heavy atom. The predicted octanol–water partition coefficient (Wildman–Crippen LogP) is 2.06. The maximum atomic E-state index is 12.2. The van der Waals surface area contributed by atoms with Crippen molar-refractivity contribution in [1.82, 2.24) is 20.3 Å². The first-order valence-corrected chi connectivity index (χ1v) is 10.7. The Balaban J connectivity index is 0.00000364. The average Bonchev–Trinajstić information content (AvgIpc) is 3.02. The number of aromatic nitrogens is 1. The molecular weight excluding hydrogens is 497 g/mol. The van der Waals surface area contributed by atoms with Gasteiger partial charge in [-0.2, -0.15) is 0 Å². The maximum Gasteiger partial charge on any atom is 0.240 e. The summed E-state index contributed by atoms with van der Waals surface area (Å²) in [5, 5.41) is 9.38. The molecule has 1 aromatic heterocycles. The van der Waals surface area contributed by atoms with Gasteiger partial charge in [0.1, 0.15) is 0 Å². The summed E-state index contributed by atoms with van der Waals surface area (Å²) in [6.45, 7) is 5.31. The summed E-state index contributed by atoms with van der Waals surface area (Å²) < 4.78 is 27.0. The summed E-state index contributed by atoms with van der Waals surface area (Å²) >= 11 is 1.64. The van der Waals surface area contributed by atoms with E-state index in [1.54, 1.807) is 42.6 Å². The normalized spacial score (nSPS) is 11.7. The second kappa shape index (κ2) is 11.6. The van der Waals surface area contributed by atoms with Crippen LogP contribution in [0.5, 0.6) is 0 Å². The summed E-state index contributed by atoms with van der Waals surface area (Å²) in [5.41, 5.74) is 2.08. The van der Waals surface area contributed by atoms with E-state index in [9.17, 15) is 8.42 Å². The lowest BCUT2D eigenvalue weighted by Gasteiger charge is -2.12. The van der Waals surface area contributed by atoms with Crippen molar-refractivity contribution in [2.24, 2.45) is 4.99 Å². The lowest BCUT2D eigenvalue weighted by Crippen LogP contribution is -2.42. The zero-order valence-corrected chi connectivity index (χ0v) is 19.6. The Kier molecular flexibility index (Phi) is 10.2. The van der Waals surface area contributed by atoms with Crippen molar-refractivity contribution in [2.75, 3.05) is 26.7 Å². The zero-order valence-electron chi connectivity index (χ0n) is 15.7. The number of guanidine groups is 1. The van der Waals surface area contributed by atoms with Crippen molar-refractivity contribution in [1.29, 1.82) is 0 Å². The molecule has 0 saturated heterocycles. The average molecular weight is 523 g/mol. The molecule has 1 aromatic carbocycles. The van der Waals surface area contributed by atoms with Gasteiger partial charge in [0, 0.05) is 38.5 Å². The van der Waals surface area contributed by atoms with Crippen LogP contribution >= 0.6 is 35.3 Å². The lowest BCUT2D eigenvalue weighted by molar-refractivity contribution is 0.580. The number of hydrogen-bond donors (Lipinski definition) is 3. The fourth-order valence-electron chi connectivity index (χ4n) is 2.22. The second-order valence-electron chi connectivity index (χ2n) is 5.74. The summed E-state index contributed by atoms with van der Waals surface area (Å²) in [4.78, 5) is 8.80. The SMILES string of the molecule is CN=C(NCCNS(=O)(=O)c1ccc(C)cc1)NCCc1csc(C)n1.I. The van der Waals surface area contributed by atoms with Crippen LogP contribution in [0.25, 0.3) is 0 Å². The molecule has 0 aliphatic rings. The van der Waals surface area contributed by atoms with Crippen LogP contribution in [0.3, 0.4) is 0 Å². The fraction of sp³-hybridized carbons (Fsp3) is 0.412. The van der Waals surface area contributed by atoms with Gasteiger partial charge in [0.2, 0.25) is 10.0 Å². The standard InChI is InChI=1S/C17H25N5O2S2.HI/c1-13-4-6-16(7-5-13)26(23,24)21-11-10-20-17(18-3)19-9-8-15-12-25-14(2)22-15;/h4-7,12,21H,8-11H2,1-3H3,(H2,18,19,20);1H. The molecular formula is C17H26IN5O2S2. The molecule has 0 spiro atoms. The highest BCUT2D eigenvalue weighted by Gasteiger charge is 2.12. The monoisotopic (exact) mass is 523 g/mol. The largest absolute Gasteiger partial charge is 0.356 e. The minimum absolute atomic E-state index is 0. The maximum absolute atomic E-state index is 12.2. The third-order valence-corrected chi connectivity index (χ3v) is 5.90. The third-order valence-electron chi connectivity index (χ3n) is 3.60. The molecule has 2 rings (SSSR count). The molecule has 0 unspecified atom stereocenters. The predicted molar refractivity (Wildman–Crippen MR) is 122 cm³/mol. The molecule has 3 N–H and O–H groups in total. The van der Waals surface area contributed by atoms with E-state index in [2.05, 4.69) is 25.3 Å². The van der Waals surface area contributed by atoms with E-state index in [4.69, 9.17) is 0 Å². The molecule has 150 valence electrons. The minimum Gasteiger partial charge on any atom is -0.356 e. The van der Waals surface area contributed by atoms with E-state index in [0.717, 1.165) is 22.7 Å². The third kappa shape index (κ3) is 8.11. The van der Waals surface area contributed by atoms with Gasteiger partial charge in [-0.25, -0.2) is 18.1 Å². The molecule has 0 atom stereocenters. The van der Waals surface area contributed by atoms with Crippen molar-refractivity contribution < 1.29 is 8.42 Å². The molecule has 0 bridgehead atoms. The van der Waals surface area contributed by atoms with Crippen LogP contribution in [0.4, 0.5) is 0 Å². The quantitative estimate of drug-likeness (QED) is 0.213. The molecule has 10 heteroatoms. The van der Waals surface area contributed by atoms with Crippen molar-refractivity contribution in [3.05, 3.63) is 45.9 Å². The van der Waals surface area contributed by atoms with Gasteiger partial charge >= 0.3 is 0 Å². The first-order valence-electron chi connectivity index (χ1n) is 8.32. The van der Waals surface area contributed by atoms with Crippen LogP contribution in [0.15, 0.2) is 39.5 Å². The molecule has 0 aliphatic heterocycles. The van der Waals surface area contributed by atoms with E-state index in [1.165, 1.54) is 0 Å². The van der Waals surface area contributed by atoms with E-state index in [-0.39, 0.29) is 35.4 Å². The van der Waals surface area contributed by atoms with Crippen LogP contribution in [0.2, 0.25) is 0 Å². The molecule has 0 amide bonds. The summed E-state index contributed by atoms with van der Waals surface area (Å²) in [5.74, 6) is 0.631. The van der Waals surface area contributed by atoms with Crippen molar-refractivity contribution in [3.63, 3.8) is 0 Å². The Morgan fingerprint density at radius 3 is 2.37 bits per heavy atom. The molecule has 7 nitrogen and oxygen atoms in total. The van der Waals surface area contributed by atoms with E-state index in [0.29, 0.717) is 19.0 Å². The number of halogens is 1. The summed E-state index contributed by atoms with van der Waals surface area (Å²) in [7, 11) is -1.81. The number of aliphatic imine (C=N–C) groups is 1. The number of hydrogen-bond acceptors (Lipinski definition) is 5. The van der Waals surface area contributed by atoms with Crippen LogP contribution in [0, 0.1) is 13.8 Å². The van der Waals surface area contributed by atoms with Gasteiger partial charge in [-0.3, -0.25) is 4.99 Å². The van der Waals surface area contributed by atoms with E-state index < -0.39 is 10.0 Å². The number of aryl methyl sites for hydroxylation is 2. The first kappa shape index (κ1) is 23.8. The van der Waals surface area contributed by atoms with Gasteiger partial charge in [-0.1, -0.05) is 17.7 Å². The number of benzene rings is 1. The van der Waals surface area contributed by atoms with Crippen molar-refractivity contribution >= 4 is 51.3 Å². The Labute approximate surface area is 182 Å². The molecule has 0 fully saturated rings. The van der Waals surface area contributed by atoms with E-state index in [1.807, 2.05) is 19.2 Å². The van der Waals surface area contributed by atoms with E-state index >= 15 is 0 Å². The molecule has 2 aromatic rings. The summed E-state index contributed by atoms with van der Waals surface area (Å²) in [6.07, 6.45) is 0.811. The number of sulfonamides is 1. The highest BCUT2D eigenvalue weighted by molar-refractivity contribution is 14.0. The van der Waals surface area contributed by atoms with Gasteiger partial charge in [-0.15, -0.1) is 35.3 Å². The topological polar surface area (TPSA) is 95.5 Å². The van der Waals surface area contributed by atoms with Crippen LogP contribution in [-0.2, 0) is 16.4 Å². The van der Waals surface area contributed by atoms with Gasteiger partial charge in [0.25, 0.3) is 0 Å². The van der Waals surface area contributed by atoms with Crippen LogP contribution < -0.4 is 15.4 Å². The van der Waals surface area contributed by atoms with Gasteiger partial charge in [-0.05, 0) is 26.0 Å². The van der Waals surface area contributed by atoms with Gasteiger partial charge < -0.3 is 10.6 Å². The van der Waals surface area contributed by atoms with Crippen LogP contribution in [-0.4, -0.2) is 46.0 Å². The molecule has 1 heterocycles. The molecule has 0 radical (unpaired) electrons. The molecule has 27 heavy (non-hydrogen) atoms. The van der Waals surface area contributed by atoms with Crippen molar-refractivity contribution in [3.8, 4) is 0 Å². The van der Waals surface area contributed by atoms with Crippen LogP contribution in [0.1, 0.15) is 16.3 Å². The highest BCUT2D eigenvalue weighted by atomic mass is 127. The number of nitrogens with zero attached hydrogens (tertiary/aromatic N) is 2. The summed E-state index contributed by atoms with van der Waals surface area (Å²) in [6, 6.07) is 6.77. The minimum atomic E-state index is -3.49. The highest BCUT2D eigenvalue weighted by Crippen LogP contribution is 2.09. The Bertz CT molecular complexity index is 835. The zero-order chi connectivity index (χ0) is 19.0. The number of nitrogens with one attached hydrogen (secondary N) is 3. The first-order chi connectivity index (χ1) is 12.4. The van der Waals surface area contributed by atoms with Gasteiger partial charge in [0.05, 0.1) is 15.6 Å². The fourth-order valence-corrected chi connectivity index (χ4v) is 3.90. The Hall–Kier alpha value is -1.24. The Morgan fingerprint density at radius 1 is 1.11 bits per heavy atom. The lowest BCUT2D eigenvalue weighted by atomic mass is 10.2. The number of thiazole rings is 1. The van der Waals surface area contributed by atoms with Gasteiger partial charge in [0.15, 0.2) is 5.96 Å².